The van der Waals surface area contributed by atoms with E-state index in [9.17, 15) is 5.11 Å². The zero-order chi connectivity index (χ0) is 14.5. The number of hydrogen-bond acceptors (Lipinski definition) is 4. The summed E-state index contributed by atoms with van der Waals surface area (Å²) in [6, 6.07) is 10.8. The van der Waals surface area contributed by atoms with Crippen LogP contribution in [0.15, 0.2) is 36.4 Å². The fourth-order valence-electron chi connectivity index (χ4n) is 1.85. The van der Waals surface area contributed by atoms with Gasteiger partial charge in [0.25, 0.3) is 0 Å². The van der Waals surface area contributed by atoms with Gasteiger partial charge in [0.1, 0.15) is 5.75 Å². The highest BCUT2D eigenvalue weighted by Crippen LogP contribution is 2.24. The first-order valence-corrected chi connectivity index (χ1v) is 6.61. The van der Waals surface area contributed by atoms with Gasteiger partial charge in [0.05, 0.1) is 13.2 Å². The summed E-state index contributed by atoms with van der Waals surface area (Å²) in [6.07, 6.45) is 0. The molecule has 2 aromatic rings. The quantitative estimate of drug-likeness (QED) is 0.879. The lowest BCUT2D eigenvalue weighted by Gasteiger charge is -2.11. The first-order valence-electron chi connectivity index (χ1n) is 6.61. The smallest absolute Gasteiger partial charge is 0.219 e. The Labute approximate surface area is 118 Å². The Morgan fingerprint density at radius 2 is 1.80 bits per heavy atom. The van der Waals surface area contributed by atoms with E-state index in [0.29, 0.717) is 11.6 Å². The summed E-state index contributed by atoms with van der Waals surface area (Å²) in [7, 11) is 0. The SMILES string of the molecule is CC(C)c1cc(CO)cc(Oc2cccc(CO)c2)n1. The van der Waals surface area contributed by atoms with Crippen LogP contribution in [0.1, 0.15) is 36.6 Å². The summed E-state index contributed by atoms with van der Waals surface area (Å²) in [5.74, 6) is 1.33. The van der Waals surface area contributed by atoms with Crippen LogP contribution in [-0.2, 0) is 13.2 Å². The molecule has 20 heavy (non-hydrogen) atoms. The first-order chi connectivity index (χ1) is 9.62. The van der Waals surface area contributed by atoms with Gasteiger partial charge in [0, 0.05) is 11.8 Å². The van der Waals surface area contributed by atoms with Crippen molar-refractivity contribution < 1.29 is 14.9 Å². The average Bonchev–Trinajstić information content (AvgIpc) is 2.47. The second-order valence-corrected chi connectivity index (χ2v) is 4.96. The molecule has 1 heterocycles. The largest absolute Gasteiger partial charge is 0.439 e. The number of nitrogens with zero attached hydrogens (tertiary/aromatic N) is 1. The van der Waals surface area contributed by atoms with Gasteiger partial charge in [0.2, 0.25) is 5.88 Å². The van der Waals surface area contributed by atoms with Gasteiger partial charge in [-0.25, -0.2) is 4.98 Å². The molecule has 4 nitrogen and oxygen atoms in total. The third-order valence-corrected chi connectivity index (χ3v) is 2.96. The Morgan fingerprint density at radius 1 is 1.05 bits per heavy atom. The van der Waals surface area contributed by atoms with Gasteiger partial charge in [-0.3, -0.25) is 0 Å². The molecule has 0 saturated carbocycles. The maximum atomic E-state index is 9.30. The summed E-state index contributed by atoms with van der Waals surface area (Å²) in [5.41, 5.74) is 2.44. The Hall–Kier alpha value is -1.91. The number of ether oxygens (including phenoxy) is 1. The van der Waals surface area contributed by atoms with Crippen molar-refractivity contribution in [3.05, 3.63) is 53.2 Å². The molecular formula is C16H19NO3. The highest BCUT2D eigenvalue weighted by Gasteiger charge is 2.08. The highest BCUT2D eigenvalue weighted by atomic mass is 16.5. The number of pyridine rings is 1. The van der Waals surface area contributed by atoms with Crippen molar-refractivity contribution in [2.45, 2.75) is 33.0 Å². The molecule has 0 atom stereocenters. The Morgan fingerprint density at radius 3 is 2.45 bits per heavy atom. The minimum atomic E-state index is -0.0463. The number of hydrogen-bond donors (Lipinski definition) is 2. The molecule has 0 fully saturated rings. The summed E-state index contributed by atoms with van der Waals surface area (Å²) >= 11 is 0. The van der Waals surface area contributed by atoms with E-state index in [2.05, 4.69) is 4.98 Å². The van der Waals surface area contributed by atoms with E-state index in [4.69, 9.17) is 9.84 Å². The van der Waals surface area contributed by atoms with Crippen molar-refractivity contribution in [2.24, 2.45) is 0 Å². The third kappa shape index (κ3) is 3.56. The highest BCUT2D eigenvalue weighted by molar-refractivity contribution is 5.33. The minimum absolute atomic E-state index is 0.0292. The molecule has 0 aliphatic heterocycles. The second kappa shape index (κ2) is 6.50. The van der Waals surface area contributed by atoms with Gasteiger partial charge in [-0.1, -0.05) is 26.0 Å². The first kappa shape index (κ1) is 14.5. The fraction of sp³-hybridized carbons (Fsp3) is 0.312. The van der Waals surface area contributed by atoms with Crippen molar-refractivity contribution in [2.75, 3.05) is 0 Å². The zero-order valence-electron chi connectivity index (χ0n) is 11.7. The van der Waals surface area contributed by atoms with Crippen molar-refractivity contribution in [1.29, 1.82) is 0 Å². The van der Waals surface area contributed by atoms with Gasteiger partial charge in [0.15, 0.2) is 0 Å². The number of benzene rings is 1. The van der Waals surface area contributed by atoms with Crippen LogP contribution in [0, 0.1) is 0 Å². The molecule has 4 heteroatoms. The summed E-state index contributed by atoms with van der Waals surface area (Å²) in [4.78, 5) is 4.44. The van der Waals surface area contributed by atoms with Gasteiger partial charge in [-0.15, -0.1) is 0 Å². The van der Waals surface area contributed by atoms with Crippen LogP contribution in [0.25, 0.3) is 0 Å². The van der Waals surface area contributed by atoms with Gasteiger partial charge < -0.3 is 14.9 Å². The summed E-state index contributed by atoms with van der Waals surface area (Å²) in [5, 5.41) is 18.4. The van der Waals surface area contributed by atoms with Crippen LogP contribution >= 0.6 is 0 Å². The van der Waals surface area contributed by atoms with Gasteiger partial charge in [-0.05, 0) is 35.2 Å². The molecule has 0 aliphatic carbocycles. The zero-order valence-corrected chi connectivity index (χ0v) is 11.7. The van der Waals surface area contributed by atoms with Crippen molar-refractivity contribution >= 4 is 0 Å². The minimum Gasteiger partial charge on any atom is -0.439 e. The number of aromatic nitrogens is 1. The topological polar surface area (TPSA) is 62.6 Å². The van der Waals surface area contributed by atoms with Crippen molar-refractivity contribution in [3.63, 3.8) is 0 Å². The molecule has 106 valence electrons. The van der Waals surface area contributed by atoms with E-state index in [-0.39, 0.29) is 19.1 Å². The number of rotatable bonds is 5. The Kier molecular flexibility index (Phi) is 4.71. The molecule has 0 aliphatic rings. The van der Waals surface area contributed by atoms with E-state index in [1.807, 2.05) is 38.1 Å². The Bertz CT molecular complexity index is 582. The molecule has 1 aromatic carbocycles. The standard InChI is InChI=1S/C16H19NO3/c1-11(2)15-7-13(10-19)8-16(17-15)20-14-5-3-4-12(6-14)9-18/h3-8,11,18-19H,9-10H2,1-2H3. The monoisotopic (exact) mass is 273 g/mol. The van der Waals surface area contributed by atoms with E-state index >= 15 is 0 Å². The van der Waals surface area contributed by atoms with Crippen LogP contribution in [0.3, 0.4) is 0 Å². The normalized spacial score (nSPS) is 10.8. The molecule has 0 amide bonds. The van der Waals surface area contributed by atoms with E-state index in [0.717, 1.165) is 16.8 Å². The lowest BCUT2D eigenvalue weighted by atomic mass is 10.1. The number of aliphatic hydroxyl groups is 2. The molecular weight excluding hydrogens is 254 g/mol. The predicted molar refractivity (Wildman–Crippen MR) is 76.7 cm³/mol. The van der Waals surface area contributed by atoms with Crippen molar-refractivity contribution in [3.8, 4) is 11.6 Å². The third-order valence-electron chi connectivity index (χ3n) is 2.96. The van der Waals surface area contributed by atoms with Crippen LogP contribution in [0.4, 0.5) is 0 Å². The number of aliphatic hydroxyl groups excluding tert-OH is 2. The molecule has 0 bridgehead atoms. The summed E-state index contributed by atoms with van der Waals surface area (Å²) < 4.78 is 5.72. The van der Waals surface area contributed by atoms with E-state index in [1.54, 1.807) is 12.1 Å². The molecule has 0 spiro atoms. The van der Waals surface area contributed by atoms with Crippen molar-refractivity contribution in [1.82, 2.24) is 4.98 Å². The van der Waals surface area contributed by atoms with E-state index in [1.165, 1.54) is 0 Å². The van der Waals surface area contributed by atoms with Crippen LogP contribution in [0.5, 0.6) is 11.6 Å². The van der Waals surface area contributed by atoms with Gasteiger partial charge >= 0.3 is 0 Å². The predicted octanol–water partition coefficient (Wildman–Crippen LogP) is 2.98. The van der Waals surface area contributed by atoms with E-state index < -0.39 is 0 Å². The molecule has 2 N–H and O–H groups in total. The lowest BCUT2D eigenvalue weighted by molar-refractivity contribution is 0.280. The second-order valence-electron chi connectivity index (χ2n) is 4.96. The van der Waals surface area contributed by atoms with Gasteiger partial charge in [-0.2, -0.15) is 0 Å². The maximum Gasteiger partial charge on any atom is 0.219 e. The maximum absolute atomic E-state index is 9.30. The summed E-state index contributed by atoms with van der Waals surface area (Å²) in [6.45, 7) is 4.01. The molecule has 1 aromatic heterocycles. The molecule has 0 unspecified atom stereocenters. The van der Waals surface area contributed by atoms with Crippen LogP contribution in [-0.4, -0.2) is 15.2 Å². The van der Waals surface area contributed by atoms with Crippen LogP contribution < -0.4 is 4.74 Å². The average molecular weight is 273 g/mol. The lowest BCUT2D eigenvalue weighted by Crippen LogP contribution is -1.99. The molecule has 0 saturated heterocycles. The fourth-order valence-corrected chi connectivity index (χ4v) is 1.85. The molecule has 2 rings (SSSR count). The Balaban J connectivity index is 2.29. The van der Waals surface area contributed by atoms with Crippen LogP contribution in [0.2, 0.25) is 0 Å². The molecule has 0 radical (unpaired) electrons.